The summed E-state index contributed by atoms with van der Waals surface area (Å²) < 4.78 is 0. The number of nitrogens with two attached hydrogens (primary N) is 1. The van der Waals surface area contributed by atoms with Gasteiger partial charge in [-0.2, -0.15) is 0 Å². The molecule has 2 aliphatic rings. The minimum Gasteiger partial charge on any atom is -0.323 e. The zero-order chi connectivity index (χ0) is 12.8. The molecule has 3 rings (SSSR count). The van der Waals surface area contributed by atoms with E-state index in [1.54, 1.807) is 0 Å². The normalized spacial score (nSPS) is 26.8. The van der Waals surface area contributed by atoms with E-state index in [1.807, 2.05) is 0 Å². The van der Waals surface area contributed by atoms with Crippen molar-refractivity contribution in [1.29, 1.82) is 0 Å². The van der Waals surface area contributed by atoms with Crippen LogP contribution in [-0.4, -0.2) is 24.0 Å². The second-order valence-corrected chi connectivity index (χ2v) is 6.35. The van der Waals surface area contributed by atoms with E-state index in [4.69, 9.17) is 5.73 Å². The van der Waals surface area contributed by atoms with Crippen molar-refractivity contribution >= 4 is 0 Å². The first kappa shape index (κ1) is 12.2. The molecule has 1 aromatic rings. The third kappa shape index (κ3) is 1.79. The quantitative estimate of drug-likeness (QED) is 0.823. The van der Waals surface area contributed by atoms with Gasteiger partial charge in [0.25, 0.3) is 0 Å². The molecule has 2 N–H and O–H groups in total. The molecule has 1 saturated heterocycles. The third-order valence-corrected chi connectivity index (χ3v) is 5.12. The lowest BCUT2D eigenvalue weighted by Gasteiger charge is -2.43. The van der Waals surface area contributed by atoms with Crippen molar-refractivity contribution < 1.29 is 0 Å². The Balaban J connectivity index is 1.80. The lowest BCUT2D eigenvalue weighted by molar-refractivity contribution is 0.0710. The molecule has 0 bridgehead atoms. The van der Waals surface area contributed by atoms with E-state index in [1.165, 1.54) is 43.5 Å². The highest BCUT2D eigenvalue weighted by Crippen LogP contribution is 2.50. The Bertz CT molecular complexity index is 430. The van der Waals surface area contributed by atoms with Gasteiger partial charge in [0, 0.05) is 12.1 Å². The van der Waals surface area contributed by atoms with Gasteiger partial charge in [-0.25, -0.2) is 0 Å². The van der Waals surface area contributed by atoms with Crippen molar-refractivity contribution in [2.75, 3.05) is 13.1 Å². The average Bonchev–Trinajstić information content (AvgIpc) is 2.64. The van der Waals surface area contributed by atoms with E-state index in [0.717, 1.165) is 0 Å². The fraction of sp³-hybridized carbons (Fsp3) is 0.625. The molecule has 1 fully saturated rings. The maximum atomic E-state index is 6.56. The van der Waals surface area contributed by atoms with Crippen LogP contribution in [0.3, 0.4) is 0 Å². The van der Waals surface area contributed by atoms with Gasteiger partial charge in [0.1, 0.15) is 0 Å². The molecule has 1 aliphatic heterocycles. The maximum Gasteiger partial charge on any atom is 0.0359 e. The van der Waals surface area contributed by atoms with Gasteiger partial charge < -0.3 is 10.6 Å². The van der Waals surface area contributed by atoms with Gasteiger partial charge in [-0.3, -0.25) is 0 Å². The third-order valence-electron chi connectivity index (χ3n) is 5.12. The lowest BCUT2D eigenvalue weighted by atomic mass is 9.73. The Labute approximate surface area is 110 Å². The number of nitrogens with zero attached hydrogens (tertiary/aromatic N) is 1. The van der Waals surface area contributed by atoms with Crippen LogP contribution < -0.4 is 5.73 Å². The van der Waals surface area contributed by atoms with Crippen LogP contribution in [0.5, 0.6) is 0 Å². The molecule has 98 valence electrons. The van der Waals surface area contributed by atoms with Crippen molar-refractivity contribution in [2.45, 2.75) is 45.2 Å². The standard InChI is InChI=1S/C16H24N2/c1-12(2)18-9-7-16(8-10-18)11-13-5-3-4-6-14(13)15(16)17/h3-6,12,15H,7-11,17H2,1-2H3/t15-/m1/s1. The minimum atomic E-state index is 0.253. The fourth-order valence-electron chi connectivity index (χ4n) is 3.79. The smallest absolute Gasteiger partial charge is 0.0359 e. The maximum absolute atomic E-state index is 6.56. The molecule has 18 heavy (non-hydrogen) atoms. The first-order valence-corrected chi connectivity index (χ1v) is 7.20. The van der Waals surface area contributed by atoms with Crippen molar-refractivity contribution in [3.63, 3.8) is 0 Å². The van der Waals surface area contributed by atoms with Crippen LogP contribution in [0.15, 0.2) is 24.3 Å². The number of rotatable bonds is 1. The Morgan fingerprint density at radius 3 is 2.50 bits per heavy atom. The van der Waals surface area contributed by atoms with Crippen LogP contribution in [0.2, 0.25) is 0 Å². The van der Waals surface area contributed by atoms with E-state index in [9.17, 15) is 0 Å². The monoisotopic (exact) mass is 244 g/mol. The predicted molar refractivity (Wildman–Crippen MR) is 75.5 cm³/mol. The van der Waals surface area contributed by atoms with E-state index in [-0.39, 0.29) is 6.04 Å². The summed E-state index contributed by atoms with van der Waals surface area (Å²) in [5, 5.41) is 0. The average molecular weight is 244 g/mol. The Kier molecular flexibility index (Phi) is 2.95. The Hall–Kier alpha value is -0.860. The zero-order valence-electron chi connectivity index (χ0n) is 11.5. The first-order valence-electron chi connectivity index (χ1n) is 7.20. The summed E-state index contributed by atoms with van der Waals surface area (Å²) in [5.41, 5.74) is 9.79. The van der Waals surface area contributed by atoms with E-state index < -0.39 is 0 Å². The highest BCUT2D eigenvalue weighted by molar-refractivity contribution is 5.38. The van der Waals surface area contributed by atoms with Crippen molar-refractivity contribution in [2.24, 2.45) is 11.1 Å². The summed E-state index contributed by atoms with van der Waals surface area (Å²) in [5.74, 6) is 0. The summed E-state index contributed by atoms with van der Waals surface area (Å²) >= 11 is 0. The Morgan fingerprint density at radius 1 is 1.22 bits per heavy atom. The van der Waals surface area contributed by atoms with Gasteiger partial charge in [-0.15, -0.1) is 0 Å². The summed E-state index contributed by atoms with van der Waals surface area (Å²) in [6.45, 7) is 7.00. The molecule has 0 amide bonds. The van der Waals surface area contributed by atoms with Crippen LogP contribution >= 0.6 is 0 Å². The molecule has 0 radical (unpaired) electrons. The van der Waals surface area contributed by atoms with E-state index >= 15 is 0 Å². The predicted octanol–water partition coefficient (Wildman–Crippen LogP) is 2.73. The summed E-state index contributed by atoms with van der Waals surface area (Å²) in [6.07, 6.45) is 3.69. The second kappa shape index (κ2) is 4.36. The number of likely N-dealkylation sites (tertiary alicyclic amines) is 1. The highest BCUT2D eigenvalue weighted by Gasteiger charge is 2.45. The van der Waals surface area contributed by atoms with Crippen molar-refractivity contribution in [3.8, 4) is 0 Å². The SMILES string of the molecule is CC(C)N1CCC2(CC1)Cc1ccccc1[C@H]2N. The molecule has 1 atom stereocenters. The molecule has 2 heteroatoms. The molecule has 2 nitrogen and oxygen atoms in total. The van der Waals surface area contributed by atoms with E-state index in [0.29, 0.717) is 11.5 Å². The van der Waals surface area contributed by atoms with Crippen LogP contribution in [0.25, 0.3) is 0 Å². The fourth-order valence-corrected chi connectivity index (χ4v) is 3.79. The largest absolute Gasteiger partial charge is 0.323 e. The van der Waals surface area contributed by atoms with Gasteiger partial charge in [0.2, 0.25) is 0 Å². The number of hydrogen-bond acceptors (Lipinski definition) is 2. The molecular weight excluding hydrogens is 220 g/mol. The lowest BCUT2D eigenvalue weighted by Crippen LogP contribution is -2.46. The van der Waals surface area contributed by atoms with Gasteiger partial charge in [0.05, 0.1) is 0 Å². The number of hydrogen-bond donors (Lipinski definition) is 1. The second-order valence-electron chi connectivity index (χ2n) is 6.35. The van der Waals surface area contributed by atoms with Crippen molar-refractivity contribution in [1.82, 2.24) is 4.90 Å². The zero-order valence-corrected chi connectivity index (χ0v) is 11.5. The summed E-state index contributed by atoms with van der Waals surface area (Å²) in [7, 11) is 0. The van der Waals surface area contributed by atoms with Crippen LogP contribution in [0.1, 0.15) is 43.9 Å². The summed E-state index contributed by atoms with van der Waals surface area (Å²) in [4.78, 5) is 2.58. The number of benzene rings is 1. The van der Waals surface area contributed by atoms with Gasteiger partial charge >= 0.3 is 0 Å². The first-order chi connectivity index (χ1) is 8.62. The topological polar surface area (TPSA) is 29.3 Å². The van der Waals surface area contributed by atoms with Crippen LogP contribution in [0.4, 0.5) is 0 Å². The van der Waals surface area contributed by atoms with Gasteiger partial charge in [-0.1, -0.05) is 24.3 Å². The molecule has 1 heterocycles. The van der Waals surface area contributed by atoms with Crippen molar-refractivity contribution in [3.05, 3.63) is 35.4 Å². The highest BCUT2D eigenvalue weighted by atomic mass is 15.2. The van der Waals surface area contributed by atoms with Crippen LogP contribution in [0, 0.1) is 5.41 Å². The molecule has 0 unspecified atom stereocenters. The van der Waals surface area contributed by atoms with Gasteiger partial charge in [-0.05, 0) is 62.7 Å². The van der Waals surface area contributed by atoms with Crippen LogP contribution in [-0.2, 0) is 6.42 Å². The number of piperidine rings is 1. The van der Waals surface area contributed by atoms with E-state index in [2.05, 4.69) is 43.0 Å². The molecule has 0 saturated carbocycles. The number of fused-ring (bicyclic) bond motifs is 1. The molecule has 1 aromatic carbocycles. The molecule has 0 aromatic heterocycles. The van der Waals surface area contributed by atoms with Gasteiger partial charge in [0.15, 0.2) is 0 Å². The summed E-state index contributed by atoms with van der Waals surface area (Å²) in [6, 6.07) is 9.68. The molecular formula is C16H24N2. The molecule has 1 spiro atoms. The molecule has 1 aliphatic carbocycles. The minimum absolute atomic E-state index is 0.253. The Morgan fingerprint density at radius 2 is 1.89 bits per heavy atom.